The van der Waals surface area contributed by atoms with Crippen LogP contribution in [0.5, 0.6) is 5.75 Å². The van der Waals surface area contributed by atoms with Gasteiger partial charge in [-0.15, -0.1) is 21.5 Å². The van der Waals surface area contributed by atoms with Gasteiger partial charge in [-0.05, 0) is 67.9 Å². The fraction of sp³-hybridized carbons (Fsp3) is 0.522. The van der Waals surface area contributed by atoms with Crippen molar-refractivity contribution in [1.82, 2.24) is 35.6 Å². The van der Waals surface area contributed by atoms with E-state index in [2.05, 4.69) is 35.6 Å². The zero-order chi connectivity index (χ0) is 44.6. The van der Waals surface area contributed by atoms with Crippen LogP contribution < -0.4 is 21.3 Å². The van der Waals surface area contributed by atoms with Gasteiger partial charge in [0.2, 0.25) is 17.7 Å². The number of para-hydroxylation sites is 1. The number of aromatic hydroxyl groups is 1. The summed E-state index contributed by atoms with van der Waals surface area (Å²) in [6.45, 7) is 12.4. The van der Waals surface area contributed by atoms with Crippen LogP contribution in [0.2, 0.25) is 0 Å². The van der Waals surface area contributed by atoms with Gasteiger partial charge in [-0.1, -0.05) is 76.4 Å². The zero-order valence-corrected chi connectivity index (χ0v) is 37.5. The summed E-state index contributed by atoms with van der Waals surface area (Å²) < 4.78 is 0. The lowest BCUT2D eigenvalue weighted by Crippen LogP contribution is -2.57. The number of hydrogen-bond acceptors (Lipinski definition) is 12. The number of anilines is 2. The molecule has 0 aliphatic carbocycles. The van der Waals surface area contributed by atoms with E-state index in [9.17, 15) is 24.6 Å². The molecule has 2 aliphatic heterocycles. The topological polar surface area (TPSA) is 213 Å². The average Bonchev–Trinajstić information content (AvgIpc) is 3.87. The maximum atomic E-state index is 14.1. The minimum absolute atomic E-state index is 0.126. The molecule has 2 aromatic carbocycles. The van der Waals surface area contributed by atoms with E-state index in [4.69, 9.17) is 10.8 Å². The van der Waals surface area contributed by atoms with Crippen molar-refractivity contribution in [3.63, 3.8) is 0 Å². The molecular formula is C46H64N9O6S+. The lowest BCUT2D eigenvalue weighted by molar-refractivity contribution is -0.144. The number of carbonyl (C=O) groups excluding carboxylic acids is 3. The molecule has 2 fully saturated rings. The van der Waals surface area contributed by atoms with E-state index >= 15 is 0 Å². The number of nitrogens with two attached hydrogens (primary N) is 1. The average molecular weight is 871 g/mol. The summed E-state index contributed by atoms with van der Waals surface area (Å²) in [5.41, 5.74) is 12.3. The number of hydrogen-bond donors (Lipinski definition) is 5. The predicted octanol–water partition coefficient (Wildman–Crippen LogP) is 5.14. The first-order chi connectivity index (χ1) is 29.6. The van der Waals surface area contributed by atoms with E-state index in [-0.39, 0.29) is 48.9 Å². The Balaban J connectivity index is 0.901. The van der Waals surface area contributed by atoms with Gasteiger partial charge >= 0.3 is 0 Å². The number of nitrogens with zero attached hydrogens (tertiary/aromatic N) is 6. The normalized spacial score (nSPS) is 18.6. The molecule has 4 heterocycles. The molecule has 0 radical (unpaired) electrons. The molecule has 15 nitrogen and oxygen atoms in total. The smallest absolute Gasteiger partial charge is 0.246 e. The first-order valence-electron chi connectivity index (χ1n) is 21.8. The Morgan fingerprint density at radius 2 is 1.66 bits per heavy atom. The number of phenolic OH excluding ortho intramolecular Hbond substituents is 1. The molecular weight excluding hydrogens is 807 g/mol. The number of amides is 3. The number of piperazine rings is 1. The van der Waals surface area contributed by atoms with Crippen LogP contribution in [0.3, 0.4) is 0 Å². The number of aliphatic hydroxyl groups excluding tert-OH is 1. The van der Waals surface area contributed by atoms with Crippen molar-refractivity contribution < 1.29 is 29.7 Å². The Labute approximate surface area is 368 Å². The highest BCUT2D eigenvalue weighted by Gasteiger charge is 2.46. The molecule has 4 aromatic rings. The molecule has 334 valence electrons. The molecule has 2 saturated heterocycles. The van der Waals surface area contributed by atoms with Crippen molar-refractivity contribution >= 4 is 40.6 Å². The summed E-state index contributed by atoms with van der Waals surface area (Å²) >= 11 is 1.59. The highest BCUT2D eigenvalue weighted by Crippen LogP contribution is 2.33. The highest BCUT2D eigenvalue weighted by molar-refractivity contribution is 7.13. The summed E-state index contributed by atoms with van der Waals surface area (Å²) in [6, 6.07) is 14.9. The fourth-order valence-electron chi connectivity index (χ4n) is 8.32. The monoisotopic (exact) mass is 870 g/mol. The molecule has 5 atom stereocenters. The molecule has 62 heavy (non-hydrogen) atoms. The molecule has 16 heteroatoms. The number of aliphatic hydroxyl groups is 1. The minimum atomic E-state index is -0.848. The summed E-state index contributed by atoms with van der Waals surface area (Å²) in [7, 11) is 0. The number of unbranched alkanes of at least 4 members (excludes halogenated alkanes) is 4. The van der Waals surface area contributed by atoms with Crippen LogP contribution in [0.1, 0.15) is 96.4 Å². The third-order valence-electron chi connectivity index (χ3n) is 12.0. The molecule has 6 rings (SSSR count). The van der Waals surface area contributed by atoms with Gasteiger partial charge in [0.05, 0.1) is 46.5 Å². The number of phenols is 1. The number of benzene rings is 2. The summed E-state index contributed by atoms with van der Waals surface area (Å²) in [5.74, 6) is -0.400. The Kier molecular flexibility index (Phi) is 15.6. The van der Waals surface area contributed by atoms with Crippen LogP contribution in [0.15, 0.2) is 60.1 Å². The van der Waals surface area contributed by atoms with Gasteiger partial charge in [0.25, 0.3) is 0 Å². The molecule has 2 aliphatic rings. The first-order valence-corrected chi connectivity index (χ1v) is 22.7. The standard InChI is InChI=1S/C46H63N9O6S/c1-29(31-17-19-32(20-18-31)41-30(2)48-28-62-41)49-44(60)37-25-33(56)27-55(37)45(61)42(46(3,4)5)50-39(58)15-9-7-6-8-10-16-40(59)54-23-21-53(22-24-54)36-26-35(51-52-43(36)47)34-13-11-12-14-38(34)57/h11-14,17-20,26,28-29,33,37,40,42,56-57,59H,6-10,15-16,21-25,27H2,1-5H3,(H2,47,52)(H,49,60)(H,50,58)/p+1/t29-,33+,37-,40?,42+/m0/s1. The first kappa shape index (κ1) is 46.3. The van der Waals surface area contributed by atoms with Gasteiger partial charge in [-0.3, -0.25) is 19.3 Å². The number of carbonyl (C=O) groups is 3. The second-order valence-electron chi connectivity index (χ2n) is 17.8. The van der Waals surface area contributed by atoms with Crippen LogP contribution in [0, 0.1) is 12.3 Å². The van der Waals surface area contributed by atoms with Crippen LogP contribution in [0.4, 0.5) is 11.5 Å². The van der Waals surface area contributed by atoms with E-state index in [0.29, 0.717) is 56.1 Å². The number of thiazole rings is 1. The van der Waals surface area contributed by atoms with Crippen LogP contribution in [-0.2, 0) is 14.4 Å². The van der Waals surface area contributed by atoms with Crippen molar-refractivity contribution in [3.05, 3.63) is 71.4 Å². The summed E-state index contributed by atoms with van der Waals surface area (Å²) in [4.78, 5) is 52.1. The Bertz CT molecular complexity index is 2140. The Morgan fingerprint density at radius 1 is 0.968 bits per heavy atom. The number of rotatable bonds is 17. The van der Waals surface area contributed by atoms with Crippen LogP contribution in [-0.4, -0.2) is 115 Å². The van der Waals surface area contributed by atoms with E-state index in [1.807, 2.05) is 76.5 Å². The highest BCUT2D eigenvalue weighted by atomic mass is 32.1. The molecule has 8 N–H and O–H groups in total. The molecule has 1 unspecified atom stereocenters. The van der Waals surface area contributed by atoms with Crippen molar-refractivity contribution in [2.75, 3.05) is 43.4 Å². The second-order valence-corrected chi connectivity index (χ2v) is 18.6. The number of nitrogens with one attached hydrogen (secondary N) is 2. The largest absolute Gasteiger partial charge is 0.507 e. The van der Waals surface area contributed by atoms with Crippen LogP contribution >= 0.6 is 11.3 Å². The number of aromatic nitrogens is 3. The zero-order valence-electron chi connectivity index (χ0n) is 36.6. The maximum absolute atomic E-state index is 14.1. The van der Waals surface area contributed by atoms with E-state index in [1.165, 1.54) is 4.90 Å². The third kappa shape index (κ3) is 11.6. The maximum Gasteiger partial charge on any atom is 0.246 e. The van der Waals surface area contributed by atoms with Crippen molar-refractivity contribution in [2.45, 2.75) is 116 Å². The van der Waals surface area contributed by atoms with E-state index in [0.717, 1.165) is 53.1 Å². The molecule has 3 amide bonds. The Hall–Kier alpha value is -5.16. The van der Waals surface area contributed by atoms with Gasteiger partial charge in [0.1, 0.15) is 24.1 Å². The quantitative estimate of drug-likeness (QED) is 0.0693. The fourth-order valence-corrected chi connectivity index (χ4v) is 9.14. The third-order valence-corrected chi connectivity index (χ3v) is 13.0. The van der Waals surface area contributed by atoms with Gasteiger partial charge in [-0.2, -0.15) is 0 Å². The predicted molar refractivity (Wildman–Crippen MR) is 243 cm³/mol. The van der Waals surface area contributed by atoms with Gasteiger partial charge in [-0.25, -0.2) is 4.98 Å². The van der Waals surface area contributed by atoms with Crippen molar-refractivity contribution in [1.29, 1.82) is 0 Å². The molecule has 2 aromatic heterocycles. The van der Waals surface area contributed by atoms with Gasteiger partial charge in [0.15, 0.2) is 11.9 Å². The summed E-state index contributed by atoms with van der Waals surface area (Å²) in [5, 5.41) is 44.1. The molecule has 0 saturated carbocycles. The second kappa shape index (κ2) is 20.8. The lowest BCUT2D eigenvalue weighted by atomic mass is 9.85. The summed E-state index contributed by atoms with van der Waals surface area (Å²) in [6.07, 6.45) is 4.25. The number of nitrogen functional groups attached to an aromatic ring is 1. The molecule has 0 spiro atoms. The number of aryl methyl sites for hydroxylation is 1. The minimum Gasteiger partial charge on any atom is -0.507 e. The van der Waals surface area contributed by atoms with Crippen molar-refractivity contribution in [2.24, 2.45) is 5.41 Å². The van der Waals surface area contributed by atoms with Crippen molar-refractivity contribution in [3.8, 4) is 27.4 Å². The van der Waals surface area contributed by atoms with Gasteiger partial charge < -0.3 is 41.5 Å². The van der Waals surface area contributed by atoms with E-state index < -0.39 is 29.8 Å². The lowest BCUT2D eigenvalue weighted by Gasteiger charge is -2.38. The molecule has 0 bridgehead atoms. The van der Waals surface area contributed by atoms with Crippen LogP contribution in [0.25, 0.3) is 21.7 Å². The SMILES string of the molecule is Cc1ncsc1-c1ccc([C@H](C)NC(=O)[C@@H]2C[C@@H]([OH2+])CN2C(=O)[C@@H](NC(=O)CCCCCCCC(O)N2CCN(c3cc(-c4ccccc4O)nnc3N)CC2)C(C)(C)C)cc1. The number of likely N-dealkylation sites (tertiary alicyclic amines) is 1. The van der Waals surface area contributed by atoms with Gasteiger partial charge in [0, 0.05) is 38.2 Å². The van der Waals surface area contributed by atoms with E-state index in [1.54, 1.807) is 29.5 Å². The Morgan fingerprint density at radius 3 is 2.34 bits per heavy atom.